The van der Waals surface area contributed by atoms with E-state index in [0.29, 0.717) is 24.4 Å². The van der Waals surface area contributed by atoms with Crippen molar-refractivity contribution in [1.29, 1.82) is 0 Å². The van der Waals surface area contributed by atoms with Gasteiger partial charge in [0.1, 0.15) is 0 Å². The number of halogens is 3. The van der Waals surface area contributed by atoms with Gasteiger partial charge in [0.05, 0.1) is 5.56 Å². The highest BCUT2D eigenvalue weighted by molar-refractivity contribution is 5.27. The molecule has 2 atom stereocenters. The molecule has 0 bridgehead atoms. The first-order chi connectivity index (χ1) is 9.38. The lowest BCUT2D eigenvalue weighted by Gasteiger charge is -2.20. The van der Waals surface area contributed by atoms with Crippen molar-refractivity contribution in [3.8, 4) is 0 Å². The molecule has 0 saturated heterocycles. The highest BCUT2D eigenvalue weighted by Crippen LogP contribution is 2.30. The quantitative estimate of drug-likeness (QED) is 0.801. The minimum Gasteiger partial charge on any atom is -0.396 e. The van der Waals surface area contributed by atoms with Gasteiger partial charge in [-0.15, -0.1) is 0 Å². The minimum atomic E-state index is -4.31. The number of nitrogens with one attached hydrogen (secondary N) is 1. The summed E-state index contributed by atoms with van der Waals surface area (Å²) in [7, 11) is 0. The molecule has 0 heterocycles. The van der Waals surface area contributed by atoms with Crippen LogP contribution in [0.15, 0.2) is 24.3 Å². The van der Waals surface area contributed by atoms with E-state index in [9.17, 15) is 13.2 Å². The van der Waals surface area contributed by atoms with Crippen LogP contribution >= 0.6 is 0 Å². The van der Waals surface area contributed by atoms with Gasteiger partial charge in [-0.3, -0.25) is 0 Å². The lowest BCUT2D eigenvalue weighted by atomic mass is 10.0. The van der Waals surface area contributed by atoms with E-state index in [2.05, 4.69) is 5.32 Å². The highest BCUT2D eigenvalue weighted by Gasteiger charge is 2.30. The number of hydrogen-bond donors (Lipinski definition) is 2. The fourth-order valence-electron chi connectivity index (χ4n) is 2.08. The molecule has 1 rings (SSSR count). The maximum absolute atomic E-state index is 12.7. The Kier molecular flexibility index (Phi) is 6.49. The number of aliphatic hydroxyl groups is 1. The van der Waals surface area contributed by atoms with Crippen molar-refractivity contribution < 1.29 is 18.3 Å². The van der Waals surface area contributed by atoms with Crippen molar-refractivity contribution >= 4 is 0 Å². The number of aliphatic hydroxyl groups excluding tert-OH is 1. The van der Waals surface area contributed by atoms with Gasteiger partial charge >= 0.3 is 6.18 Å². The smallest absolute Gasteiger partial charge is 0.396 e. The molecular formula is C15H22F3NO. The number of rotatable bonds is 7. The van der Waals surface area contributed by atoms with E-state index in [1.807, 2.05) is 13.8 Å². The van der Waals surface area contributed by atoms with Crippen molar-refractivity contribution in [2.75, 3.05) is 13.2 Å². The summed E-state index contributed by atoms with van der Waals surface area (Å²) in [5, 5.41) is 12.2. The van der Waals surface area contributed by atoms with Crippen LogP contribution in [0.25, 0.3) is 0 Å². The van der Waals surface area contributed by atoms with E-state index in [1.54, 1.807) is 6.07 Å². The highest BCUT2D eigenvalue weighted by atomic mass is 19.4. The van der Waals surface area contributed by atoms with Crippen LogP contribution in [-0.2, 0) is 6.18 Å². The van der Waals surface area contributed by atoms with E-state index in [4.69, 9.17) is 5.11 Å². The summed E-state index contributed by atoms with van der Waals surface area (Å²) in [6, 6.07) is 5.24. The van der Waals surface area contributed by atoms with Crippen LogP contribution < -0.4 is 5.32 Å². The second kappa shape index (κ2) is 7.64. The third-order valence-electron chi connectivity index (χ3n) is 3.54. The van der Waals surface area contributed by atoms with Gasteiger partial charge in [0, 0.05) is 12.6 Å². The molecule has 1 aromatic rings. The van der Waals surface area contributed by atoms with Gasteiger partial charge in [0.15, 0.2) is 0 Å². The molecule has 0 radical (unpaired) electrons. The Bertz CT molecular complexity index is 406. The fourth-order valence-corrected chi connectivity index (χ4v) is 2.08. The van der Waals surface area contributed by atoms with E-state index >= 15 is 0 Å². The van der Waals surface area contributed by atoms with Gasteiger partial charge in [-0.25, -0.2) is 0 Å². The van der Waals surface area contributed by atoms with Gasteiger partial charge in [-0.1, -0.05) is 25.5 Å². The largest absolute Gasteiger partial charge is 0.416 e. The molecular weight excluding hydrogens is 267 g/mol. The predicted molar refractivity (Wildman–Crippen MR) is 73.3 cm³/mol. The van der Waals surface area contributed by atoms with Crippen LogP contribution in [0.4, 0.5) is 13.2 Å². The van der Waals surface area contributed by atoms with E-state index in [-0.39, 0.29) is 12.6 Å². The lowest BCUT2D eigenvalue weighted by molar-refractivity contribution is -0.137. The fraction of sp³-hybridized carbons (Fsp3) is 0.600. The first kappa shape index (κ1) is 17.0. The van der Waals surface area contributed by atoms with E-state index in [1.165, 1.54) is 12.1 Å². The summed E-state index contributed by atoms with van der Waals surface area (Å²) >= 11 is 0. The monoisotopic (exact) mass is 289 g/mol. The van der Waals surface area contributed by atoms with E-state index in [0.717, 1.165) is 12.5 Å². The van der Waals surface area contributed by atoms with Gasteiger partial charge in [-0.2, -0.15) is 13.2 Å². The second-order valence-corrected chi connectivity index (χ2v) is 5.04. The van der Waals surface area contributed by atoms with Crippen LogP contribution in [0.3, 0.4) is 0 Å². The first-order valence-electron chi connectivity index (χ1n) is 6.89. The predicted octanol–water partition coefficient (Wildman–Crippen LogP) is 3.76. The van der Waals surface area contributed by atoms with Crippen molar-refractivity contribution in [3.05, 3.63) is 35.4 Å². The first-order valence-corrected chi connectivity index (χ1v) is 6.89. The normalized spacial score (nSPS) is 15.1. The van der Waals surface area contributed by atoms with Gasteiger partial charge in [-0.05, 0) is 43.5 Å². The zero-order valence-corrected chi connectivity index (χ0v) is 11.9. The van der Waals surface area contributed by atoms with Crippen molar-refractivity contribution in [2.24, 2.45) is 5.92 Å². The van der Waals surface area contributed by atoms with Crippen LogP contribution in [0.2, 0.25) is 0 Å². The molecule has 5 heteroatoms. The average Bonchev–Trinajstić information content (AvgIpc) is 2.42. The molecule has 0 aliphatic rings. The van der Waals surface area contributed by atoms with Gasteiger partial charge in [0.25, 0.3) is 0 Å². The Morgan fingerprint density at radius 1 is 1.30 bits per heavy atom. The Morgan fingerprint density at radius 3 is 2.55 bits per heavy atom. The third-order valence-corrected chi connectivity index (χ3v) is 3.54. The average molecular weight is 289 g/mol. The summed E-state index contributed by atoms with van der Waals surface area (Å²) in [4.78, 5) is 0. The summed E-state index contributed by atoms with van der Waals surface area (Å²) in [6.07, 6.45) is -2.67. The molecule has 0 spiro atoms. The topological polar surface area (TPSA) is 32.3 Å². The Balaban J connectivity index is 2.65. The van der Waals surface area contributed by atoms with Crippen molar-refractivity contribution in [1.82, 2.24) is 5.32 Å². The Morgan fingerprint density at radius 2 is 2.00 bits per heavy atom. The SMILES string of the molecule is CCC(CCO)CNC(C)c1cccc(C(F)(F)F)c1. The molecule has 0 aliphatic carbocycles. The minimum absolute atomic E-state index is 0.137. The van der Waals surface area contributed by atoms with Gasteiger partial charge in [0.2, 0.25) is 0 Å². The second-order valence-electron chi connectivity index (χ2n) is 5.04. The van der Waals surface area contributed by atoms with Gasteiger partial charge < -0.3 is 10.4 Å². The molecule has 0 aromatic heterocycles. The summed E-state index contributed by atoms with van der Waals surface area (Å²) in [5.74, 6) is 0.341. The van der Waals surface area contributed by atoms with Crippen LogP contribution in [-0.4, -0.2) is 18.3 Å². The number of hydrogen-bond acceptors (Lipinski definition) is 2. The van der Waals surface area contributed by atoms with Crippen molar-refractivity contribution in [2.45, 2.75) is 38.9 Å². The molecule has 2 unspecified atom stereocenters. The van der Waals surface area contributed by atoms with E-state index < -0.39 is 11.7 Å². The number of alkyl halides is 3. The van der Waals surface area contributed by atoms with Crippen LogP contribution in [0.5, 0.6) is 0 Å². The molecule has 2 N–H and O–H groups in total. The van der Waals surface area contributed by atoms with Crippen LogP contribution in [0.1, 0.15) is 43.9 Å². The molecule has 20 heavy (non-hydrogen) atoms. The Hall–Kier alpha value is -1.07. The summed E-state index contributed by atoms with van der Waals surface area (Å²) in [6.45, 7) is 4.71. The molecule has 0 fully saturated rings. The zero-order valence-electron chi connectivity index (χ0n) is 11.9. The zero-order chi connectivity index (χ0) is 15.2. The van der Waals surface area contributed by atoms with Crippen molar-refractivity contribution in [3.63, 3.8) is 0 Å². The molecule has 2 nitrogen and oxygen atoms in total. The molecule has 114 valence electrons. The summed E-state index contributed by atoms with van der Waals surface area (Å²) < 4.78 is 38.0. The van der Waals surface area contributed by atoms with Crippen LogP contribution in [0, 0.1) is 5.92 Å². The lowest BCUT2D eigenvalue weighted by Crippen LogP contribution is -2.26. The Labute approximate surface area is 118 Å². The standard InChI is InChI=1S/C15H22F3NO/c1-3-12(7-8-20)10-19-11(2)13-5-4-6-14(9-13)15(16,17)18/h4-6,9,11-12,19-20H,3,7-8,10H2,1-2H3. The molecule has 0 aliphatic heterocycles. The molecule has 0 amide bonds. The summed E-state index contributed by atoms with van der Waals surface area (Å²) in [5.41, 5.74) is 0.00438. The third kappa shape index (κ3) is 5.13. The molecule has 1 aromatic carbocycles. The molecule has 0 saturated carbocycles. The maximum atomic E-state index is 12.7. The number of benzene rings is 1. The maximum Gasteiger partial charge on any atom is 0.416 e.